The van der Waals surface area contributed by atoms with Crippen LogP contribution in [0.2, 0.25) is 0 Å². The largest absolute Gasteiger partial charge is 0.357 e. The fourth-order valence-corrected chi connectivity index (χ4v) is 3.99. The Bertz CT molecular complexity index is 850. The number of hydrogen-bond acceptors (Lipinski definition) is 3. The standard InChI is InChI=1S/C25H35N5O/c1-4-27-25(28-17-20-10-12-22(13-11-20)24(31)26-3)29-23-14-15-30(19(2)16-23)18-21-8-6-5-7-9-21/h5-13,19,23H,4,14-18H2,1-3H3,(H,26,31)(H2,27,28,29). The maximum absolute atomic E-state index is 11.7. The van der Waals surface area contributed by atoms with Crippen LogP contribution in [0.3, 0.4) is 0 Å². The highest BCUT2D eigenvalue weighted by Gasteiger charge is 2.25. The second-order valence-electron chi connectivity index (χ2n) is 8.14. The number of rotatable bonds is 7. The zero-order chi connectivity index (χ0) is 22.1. The third kappa shape index (κ3) is 6.82. The Kier molecular flexibility index (Phi) is 8.47. The molecule has 1 heterocycles. The third-order valence-corrected chi connectivity index (χ3v) is 5.79. The van der Waals surface area contributed by atoms with Gasteiger partial charge in [-0.25, -0.2) is 4.99 Å². The van der Waals surface area contributed by atoms with E-state index < -0.39 is 0 Å². The van der Waals surface area contributed by atoms with Gasteiger partial charge in [0.2, 0.25) is 0 Å². The number of carbonyl (C=O) groups excluding carboxylic acids is 1. The molecule has 0 spiro atoms. The van der Waals surface area contributed by atoms with Crippen molar-refractivity contribution in [1.82, 2.24) is 20.9 Å². The minimum Gasteiger partial charge on any atom is -0.357 e. The minimum absolute atomic E-state index is 0.0715. The highest BCUT2D eigenvalue weighted by Crippen LogP contribution is 2.20. The average Bonchev–Trinajstić information content (AvgIpc) is 2.80. The monoisotopic (exact) mass is 421 g/mol. The summed E-state index contributed by atoms with van der Waals surface area (Å²) in [6.45, 7) is 7.88. The van der Waals surface area contributed by atoms with Gasteiger partial charge in [0.25, 0.3) is 5.91 Å². The molecule has 0 bridgehead atoms. The molecule has 2 atom stereocenters. The van der Waals surface area contributed by atoms with E-state index in [1.165, 1.54) is 5.56 Å². The molecular formula is C25H35N5O. The quantitative estimate of drug-likeness (QED) is 0.475. The number of benzene rings is 2. The number of carbonyl (C=O) groups is 1. The van der Waals surface area contributed by atoms with Gasteiger partial charge in [0.15, 0.2) is 5.96 Å². The van der Waals surface area contributed by atoms with Gasteiger partial charge in [-0.1, -0.05) is 42.5 Å². The number of aliphatic imine (C=N–C) groups is 1. The first-order chi connectivity index (χ1) is 15.1. The van der Waals surface area contributed by atoms with E-state index in [4.69, 9.17) is 4.99 Å². The van der Waals surface area contributed by atoms with Crippen LogP contribution < -0.4 is 16.0 Å². The predicted octanol–water partition coefficient (Wildman–Crippen LogP) is 3.15. The van der Waals surface area contributed by atoms with Gasteiger partial charge >= 0.3 is 0 Å². The van der Waals surface area contributed by atoms with Crippen LogP contribution in [-0.4, -0.2) is 49.0 Å². The lowest BCUT2D eigenvalue weighted by atomic mass is 9.97. The molecule has 2 aromatic rings. The van der Waals surface area contributed by atoms with Crippen molar-refractivity contribution in [2.45, 2.75) is 51.9 Å². The smallest absolute Gasteiger partial charge is 0.251 e. The van der Waals surface area contributed by atoms with Gasteiger partial charge in [-0.05, 0) is 49.9 Å². The molecule has 2 aromatic carbocycles. The molecule has 6 nitrogen and oxygen atoms in total. The SMILES string of the molecule is CCNC(=NCc1ccc(C(=O)NC)cc1)NC1CCN(Cc2ccccc2)C(C)C1. The first-order valence-electron chi connectivity index (χ1n) is 11.2. The molecule has 1 aliphatic heterocycles. The molecule has 0 aliphatic carbocycles. The fourth-order valence-electron chi connectivity index (χ4n) is 3.99. The molecule has 1 fully saturated rings. The van der Waals surface area contributed by atoms with Crippen LogP contribution in [0.1, 0.15) is 48.2 Å². The summed E-state index contributed by atoms with van der Waals surface area (Å²) in [5, 5.41) is 9.64. The summed E-state index contributed by atoms with van der Waals surface area (Å²) >= 11 is 0. The lowest BCUT2D eigenvalue weighted by Gasteiger charge is -2.38. The van der Waals surface area contributed by atoms with Gasteiger partial charge in [0.1, 0.15) is 0 Å². The van der Waals surface area contributed by atoms with Gasteiger partial charge in [-0.15, -0.1) is 0 Å². The molecule has 0 aromatic heterocycles. The Morgan fingerprint density at radius 2 is 1.84 bits per heavy atom. The molecule has 2 unspecified atom stereocenters. The Morgan fingerprint density at radius 3 is 2.48 bits per heavy atom. The van der Waals surface area contributed by atoms with Gasteiger partial charge in [0.05, 0.1) is 6.54 Å². The van der Waals surface area contributed by atoms with Crippen LogP contribution >= 0.6 is 0 Å². The predicted molar refractivity (Wildman–Crippen MR) is 127 cm³/mol. The van der Waals surface area contributed by atoms with Crippen molar-refractivity contribution in [3.8, 4) is 0 Å². The maximum Gasteiger partial charge on any atom is 0.251 e. The summed E-state index contributed by atoms with van der Waals surface area (Å²) in [5.41, 5.74) is 3.12. The fraction of sp³-hybridized carbons (Fsp3) is 0.440. The molecule has 166 valence electrons. The molecule has 3 N–H and O–H groups in total. The first kappa shape index (κ1) is 22.8. The summed E-state index contributed by atoms with van der Waals surface area (Å²) in [4.78, 5) is 19.0. The minimum atomic E-state index is -0.0715. The summed E-state index contributed by atoms with van der Waals surface area (Å²) in [6.07, 6.45) is 2.19. The van der Waals surface area contributed by atoms with Crippen molar-refractivity contribution in [2.24, 2.45) is 4.99 Å². The topological polar surface area (TPSA) is 68.8 Å². The van der Waals surface area contributed by atoms with E-state index in [-0.39, 0.29) is 5.91 Å². The molecule has 6 heteroatoms. The molecular weight excluding hydrogens is 386 g/mol. The first-order valence-corrected chi connectivity index (χ1v) is 11.2. The van der Waals surface area contributed by atoms with Crippen LogP contribution in [0.15, 0.2) is 59.6 Å². The summed E-state index contributed by atoms with van der Waals surface area (Å²) in [7, 11) is 1.64. The van der Waals surface area contributed by atoms with Gasteiger partial charge in [-0.2, -0.15) is 0 Å². The van der Waals surface area contributed by atoms with Crippen LogP contribution in [0.5, 0.6) is 0 Å². The zero-order valence-corrected chi connectivity index (χ0v) is 18.9. The molecule has 1 saturated heterocycles. The van der Waals surface area contributed by atoms with Crippen LogP contribution in [0.25, 0.3) is 0 Å². The van der Waals surface area contributed by atoms with Gasteiger partial charge in [0, 0.05) is 44.3 Å². The van der Waals surface area contributed by atoms with Crippen LogP contribution in [0, 0.1) is 0 Å². The number of likely N-dealkylation sites (tertiary alicyclic amines) is 1. The van der Waals surface area contributed by atoms with Crippen molar-refractivity contribution < 1.29 is 4.79 Å². The molecule has 1 amide bonds. The highest BCUT2D eigenvalue weighted by molar-refractivity contribution is 5.93. The van der Waals surface area contributed by atoms with Gasteiger partial charge in [-0.3, -0.25) is 9.69 Å². The summed E-state index contributed by atoms with van der Waals surface area (Å²) < 4.78 is 0. The van der Waals surface area contributed by atoms with Crippen molar-refractivity contribution in [1.29, 1.82) is 0 Å². The Morgan fingerprint density at radius 1 is 1.10 bits per heavy atom. The molecule has 0 saturated carbocycles. The number of amides is 1. The maximum atomic E-state index is 11.7. The van der Waals surface area contributed by atoms with E-state index >= 15 is 0 Å². The Labute approximate surface area is 186 Å². The highest BCUT2D eigenvalue weighted by atomic mass is 16.1. The lowest BCUT2D eigenvalue weighted by Crippen LogP contribution is -2.51. The number of guanidine groups is 1. The van der Waals surface area contributed by atoms with Crippen LogP contribution in [0.4, 0.5) is 0 Å². The van der Waals surface area contributed by atoms with Crippen molar-refractivity contribution in [3.05, 3.63) is 71.3 Å². The number of piperidine rings is 1. The molecule has 31 heavy (non-hydrogen) atoms. The van der Waals surface area contributed by atoms with E-state index in [0.717, 1.165) is 44.0 Å². The normalized spacial score (nSPS) is 19.6. The summed E-state index contributed by atoms with van der Waals surface area (Å²) in [6, 6.07) is 19.2. The number of nitrogens with one attached hydrogen (secondary N) is 3. The average molecular weight is 422 g/mol. The van der Waals surface area contributed by atoms with E-state index in [9.17, 15) is 4.79 Å². The second kappa shape index (κ2) is 11.5. The van der Waals surface area contributed by atoms with E-state index in [0.29, 0.717) is 24.2 Å². The third-order valence-electron chi connectivity index (χ3n) is 5.79. The van der Waals surface area contributed by atoms with Gasteiger partial charge < -0.3 is 16.0 Å². The lowest BCUT2D eigenvalue weighted by molar-refractivity contribution is 0.0963. The molecule has 0 radical (unpaired) electrons. The number of hydrogen-bond donors (Lipinski definition) is 3. The van der Waals surface area contributed by atoms with Crippen LogP contribution in [-0.2, 0) is 13.1 Å². The van der Waals surface area contributed by atoms with E-state index in [1.807, 2.05) is 24.3 Å². The van der Waals surface area contributed by atoms with Crippen molar-refractivity contribution in [3.63, 3.8) is 0 Å². The molecule has 1 aliphatic rings. The van der Waals surface area contributed by atoms with Crippen molar-refractivity contribution in [2.75, 3.05) is 20.1 Å². The summed E-state index contributed by atoms with van der Waals surface area (Å²) in [5.74, 6) is 0.782. The molecule has 3 rings (SSSR count). The van der Waals surface area contributed by atoms with E-state index in [1.54, 1.807) is 7.05 Å². The zero-order valence-electron chi connectivity index (χ0n) is 18.9. The number of nitrogens with zero attached hydrogens (tertiary/aromatic N) is 2. The Balaban J connectivity index is 1.54. The van der Waals surface area contributed by atoms with E-state index in [2.05, 4.69) is 65.0 Å². The van der Waals surface area contributed by atoms with Crippen molar-refractivity contribution >= 4 is 11.9 Å². The Hall–Kier alpha value is -2.86. The second-order valence-corrected chi connectivity index (χ2v) is 8.14.